The fourth-order valence-electron chi connectivity index (χ4n) is 1.88. The van der Waals surface area contributed by atoms with E-state index in [1.54, 1.807) is 0 Å². The molecule has 0 N–H and O–H groups in total. The number of carbonyl (C=O) groups excluding carboxylic acids is 1. The van der Waals surface area contributed by atoms with E-state index in [-0.39, 0.29) is 16.2 Å². The average molecular weight is 368 g/mol. The summed E-state index contributed by atoms with van der Waals surface area (Å²) >= 11 is 18.1. The molecule has 82 valence electrons. The van der Waals surface area contributed by atoms with Crippen LogP contribution in [-0.2, 0) is 4.79 Å². The van der Waals surface area contributed by atoms with Gasteiger partial charge in [-0.2, -0.15) is 0 Å². The minimum Gasteiger partial charge on any atom is -0.550 e. The van der Waals surface area contributed by atoms with Gasteiger partial charge in [-0.1, -0.05) is 53.0 Å². The van der Waals surface area contributed by atoms with E-state index in [1.165, 1.54) is 0 Å². The van der Waals surface area contributed by atoms with Crippen molar-refractivity contribution in [3.8, 4) is 0 Å². The highest BCUT2D eigenvalue weighted by molar-refractivity contribution is 9.13. The molecule has 6 heteroatoms. The summed E-state index contributed by atoms with van der Waals surface area (Å²) in [7, 11) is 0. The van der Waals surface area contributed by atoms with E-state index in [0.29, 0.717) is 0 Å². The molecule has 14 heavy (non-hydrogen) atoms. The Kier molecular flexibility index (Phi) is 3.54. The number of halogens is 4. The molecule has 1 saturated carbocycles. The Morgan fingerprint density at radius 3 is 2.21 bits per heavy atom. The molecule has 2 nitrogen and oxygen atoms in total. The molecule has 0 bridgehead atoms. The van der Waals surface area contributed by atoms with E-state index >= 15 is 0 Å². The van der Waals surface area contributed by atoms with E-state index in [4.69, 9.17) is 23.2 Å². The van der Waals surface area contributed by atoms with Crippen molar-refractivity contribution in [3.63, 3.8) is 0 Å². The number of carboxylic acid groups (broad SMARTS) is 1. The number of hydrogen-bond acceptors (Lipinski definition) is 2. The third-order valence-electron chi connectivity index (χ3n) is 2.79. The normalized spacial score (nSPS) is 32.4. The Morgan fingerprint density at radius 1 is 1.57 bits per heavy atom. The SMILES string of the molecule is CC1(C)C(C(=O)[O-])C1C(Br)C(Cl)(Cl)Br. The van der Waals surface area contributed by atoms with Crippen molar-refractivity contribution in [1.82, 2.24) is 0 Å². The molecule has 0 amide bonds. The van der Waals surface area contributed by atoms with Crippen LogP contribution in [0.1, 0.15) is 13.8 Å². The topological polar surface area (TPSA) is 40.1 Å². The molecule has 0 spiro atoms. The predicted octanol–water partition coefficient (Wildman–Crippen LogP) is 2.30. The first-order valence-corrected chi connectivity index (χ1v) is 6.48. The van der Waals surface area contributed by atoms with Crippen molar-refractivity contribution < 1.29 is 9.90 Å². The van der Waals surface area contributed by atoms with Crippen LogP contribution in [0.4, 0.5) is 0 Å². The molecule has 0 aromatic carbocycles. The Morgan fingerprint density at radius 2 is 2.00 bits per heavy atom. The van der Waals surface area contributed by atoms with Crippen molar-refractivity contribution in [1.29, 1.82) is 0 Å². The van der Waals surface area contributed by atoms with E-state index in [9.17, 15) is 9.90 Å². The summed E-state index contributed by atoms with van der Waals surface area (Å²) < 4.78 is -1.15. The Bertz CT molecular complexity index is 263. The van der Waals surface area contributed by atoms with Gasteiger partial charge in [-0.3, -0.25) is 0 Å². The van der Waals surface area contributed by atoms with Gasteiger partial charge in [0.15, 0.2) is 3.24 Å². The highest BCUT2D eigenvalue weighted by Crippen LogP contribution is 2.64. The molecule has 0 aliphatic heterocycles. The summed E-state index contributed by atoms with van der Waals surface area (Å²) in [5, 5.41) is 10.8. The van der Waals surface area contributed by atoms with Gasteiger partial charge in [-0.25, -0.2) is 0 Å². The zero-order valence-electron chi connectivity index (χ0n) is 7.56. The average Bonchev–Trinajstić information content (AvgIpc) is 2.49. The minimum absolute atomic E-state index is 0.123. The third-order valence-corrected chi connectivity index (χ3v) is 6.15. The fourth-order valence-corrected chi connectivity index (χ4v) is 3.42. The number of carboxylic acids is 1. The summed E-state index contributed by atoms with van der Waals surface area (Å²) in [5.74, 6) is -1.67. The van der Waals surface area contributed by atoms with Crippen LogP contribution in [0.25, 0.3) is 0 Å². The lowest BCUT2D eigenvalue weighted by atomic mass is 10.1. The molecule has 1 fully saturated rings. The second-order valence-electron chi connectivity index (χ2n) is 4.09. The Hall–Kier alpha value is 1.01. The van der Waals surface area contributed by atoms with Crippen LogP contribution in [-0.4, -0.2) is 14.0 Å². The molecule has 3 unspecified atom stereocenters. The first kappa shape index (κ1) is 13.1. The number of hydrogen-bond donors (Lipinski definition) is 0. The summed E-state index contributed by atoms with van der Waals surface area (Å²) in [5.41, 5.74) is -0.324. The zero-order valence-corrected chi connectivity index (χ0v) is 12.2. The van der Waals surface area contributed by atoms with Crippen molar-refractivity contribution in [2.75, 3.05) is 0 Å². The first-order chi connectivity index (χ1) is 6.10. The van der Waals surface area contributed by atoms with E-state index < -0.39 is 15.1 Å². The molecule has 0 aromatic rings. The molecule has 0 saturated heterocycles. The predicted molar refractivity (Wildman–Crippen MR) is 61.8 cm³/mol. The minimum atomic E-state index is -1.15. The number of aliphatic carboxylic acids is 1. The third kappa shape index (κ3) is 2.23. The van der Waals surface area contributed by atoms with Crippen LogP contribution < -0.4 is 5.11 Å². The van der Waals surface area contributed by atoms with Gasteiger partial charge < -0.3 is 9.90 Å². The zero-order chi connectivity index (χ0) is 11.3. The van der Waals surface area contributed by atoms with Gasteiger partial charge in [0.2, 0.25) is 0 Å². The lowest BCUT2D eigenvalue weighted by Gasteiger charge is -2.20. The summed E-state index contributed by atoms with van der Waals surface area (Å²) in [6, 6.07) is 0. The maximum atomic E-state index is 10.8. The maximum absolute atomic E-state index is 10.8. The van der Waals surface area contributed by atoms with Gasteiger partial charge in [0.25, 0.3) is 0 Å². The van der Waals surface area contributed by atoms with Gasteiger partial charge in [0.1, 0.15) is 0 Å². The smallest absolute Gasteiger partial charge is 0.184 e. The molecule has 3 atom stereocenters. The molecular formula is C8H9Br2Cl2O2-. The maximum Gasteiger partial charge on any atom is 0.184 e. The Labute approximate surface area is 110 Å². The fraction of sp³-hybridized carbons (Fsp3) is 0.875. The highest BCUT2D eigenvalue weighted by Gasteiger charge is 2.64. The molecule has 1 aliphatic carbocycles. The lowest BCUT2D eigenvalue weighted by molar-refractivity contribution is -0.309. The van der Waals surface area contributed by atoms with Gasteiger partial charge >= 0.3 is 0 Å². The summed E-state index contributed by atoms with van der Waals surface area (Å²) in [6.45, 7) is 3.72. The number of carbonyl (C=O) groups is 1. The van der Waals surface area contributed by atoms with E-state index in [1.807, 2.05) is 13.8 Å². The van der Waals surface area contributed by atoms with Crippen molar-refractivity contribution in [3.05, 3.63) is 0 Å². The van der Waals surface area contributed by atoms with Gasteiger partial charge in [0.05, 0.1) is 4.83 Å². The molecule has 1 aliphatic rings. The standard InChI is InChI=1S/C8H10Br2Cl2O2/c1-7(2)3(4(7)6(13)14)5(9)8(10,11)12/h3-5H,1-2H3,(H,13,14)/p-1. The molecule has 0 radical (unpaired) electrons. The molecule has 0 aromatic heterocycles. The number of rotatable bonds is 3. The van der Waals surface area contributed by atoms with Crippen molar-refractivity contribution in [2.24, 2.45) is 17.3 Å². The first-order valence-electron chi connectivity index (χ1n) is 4.01. The second-order valence-corrected chi connectivity index (χ2v) is 8.62. The monoisotopic (exact) mass is 365 g/mol. The second kappa shape index (κ2) is 3.79. The van der Waals surface area contributed by atoms with Crippen LogP contribution in [0.2, 0.25) is 0 Å². The van der Waals surface area contributed by atoms with E-state index in [2.05, 4.69) is 31.9 Å². The largest absolute Gasteiger partial charge is 0.550 e. The van der Waals surface area contributed by atoms with Crippen LogP contribution >= 0.6 is 55.1 Å². The van der Waals surface area contributed by atoms with Crippen LogP contribution in [0.3, 0.4) is 0 Å². The quantitative estimate of drug-likeness (QED) is 0.718. The molecule has 1 rings (SSSR count). The summed E-state index contributed by atoms with van der Waals surface area (Å²) in [6.07, 6.45) is 0. The lowest BCUT2D eigenvalue weighted by Crippen LogP contribution is -2.29. The van der Waals surface area contributed by atoms with Gasteiger partial charge in [0, 0.05) is 11.9 Å². The Balaban J connectivity index is 2.79. The van der Waals surface area contributed by atoms with Crippen LogP contribution in [0, 0.1) is 17.3 Å². The number of alkyl halides is 4. The van der Waals surface area contributed by atoms with E-state index in [0.717, 1.165) is 0 Å². The van der Waals surface area contributed by atoms with Crippen LogP contribution in [0.15, 0.2) is 0 Å². The van der Waals surface area contributed by atoms with Gasteiger partial charge in [-0.05, 0) is 27.3 Å². The molecule has 0 heterocycles. The van der Waals surface area contributed by atoms with Crippen molar-refractivity contribution in [2.45, 2.75) is 21.9 Å². The summed E-state index contributed by atoms with van der Waals surface area (Å²) in [4.78, 5) is 10.5. The highest BCUT2D eigenvalue weighted by atomic mass is 79.9. The van der Waals surface area contributed by atoms with Crippen molar-refractivity contribution >= 4 is 61.0 Å². The van der Waals surface area contributed by atoms with Crippen LogP contribution in [0.5, 0.6) is 0 Å². The van der Waals surface area contributed by atoms with Gasteiger partial charge in [-0.15, -0.1) is 0 Å². The molecular weight excluding hydrogens is 359 g/mol.